The molecule has 266 valence electrons. The molecule has 9 aromatic rings. The first kappa shape index (κ1) is 37.7. The van der Waals surface area contributed by atoms with E-state index in [9.17, 15) is 0 Å². The normalized spacial score (nSPS) is 11.1. The molecule has 0 fully saturated rings. The van der Waals surface area contributed by atoms with Crippen LogP contribution in [0.4, 0.5) is 0 Å². The molecule has 0 N–H and O–H groups in total. The quantitative estimate of drug-likeness (QED) is 0.135. The summed E-state index contributed by atoms with van der Waals surface area (Å²) in [7, 11) is -3.96. The molecule has 0 radical (unpaired) electrons. The van der Waals surface area contributed by atoms with E-state index < -0.39 is 14.5 Å². The third-order valence-electron chi connectivity index (χ3n) is 10.1. The Hall–Kier alpha value is -5.61. The van der Waals surface area contributed by atoms with Crippen molar-refractivity contribution in [3.8, 4) is 0 Å². The van der Waals surface area contributed by atoms with Crippen LogP contribution in [0.15, 0.2) is 255 Å². The minimum atomic E-state index is -2.05. The minimum absolute atomic E-state index is 0. The SMILES string of the molecule is Cl.c1ccc([P+](c2ccccc2)(c2ccccc2)c2cccc3ccccc23)cc1.c1ccc([P+](c2ccccc2)(c2ccccc2)c2ccccc2)cc1. The summed E-state index contributed by atoms with van der Waals surface area (Å²) in [5, 5.41) is 13.7. The fourth-order valence-electron chi connectivity index (χ4n) is 7.82. The molecule has 0 saturated carbocycles. The Labute approximate surface area is 333 Å². The third kappa shape index (κ3) is 7.31. The van der Waals surface area contributed by atoms with Crippen LogP contribution < -0.4 is 42.4 Å². The van der Waals surface area contributed by atoms with Gasteiger partial charge in [0.2, 0.25) is 0 Å². The van der Waals surface area contributed by atoms with Gasteiger partial charge in [0.25, 0.3) is 0 Å². The number of halogens is 1. The van der Waals surface area contributed by atoms with Crippen molar-refractivity contribution in [3.05, 3.63) is 255 Å². The predicted molar refractivity (Wildman–Crippen MR) is 247 cm³/mol. The number of rotatable bonds is 8. The highest BCUT2D eigenvalue weighted by atomic mass is 35.5. The molecule has 55 heavy (non-hydrogen) atoms. The van der Waals surface area contributed by atoms with Gasteiger partial charge in [-0.3, -0.25) is 0 Å². The maximum Gasteiger partial charge on any atom is 0.144 e. The molecule has 0 bridgehead atoms. The highest BCUT2D eigenvalue weighted by Gasteiger charge is 2.49. The Balaban J connectivity index is 0.000000168. The highest BCUT2D eigenvalue weighted by molar-refractivity contribution is 8.02. The van der Waals surface area contributed by atoms with E-state index in [1.807, 2.05) is 0 Å². The Morgan fingerprint density at radius 1 is 0.200 bits per heavy atom. The first-order valence-electron chi connectivity index (χ1n) is 18.5. The summed E-state index contributed by atoms with van der Waals surface area (Å²) in [6, 6.07) is 92.5. The molecule has 0 saturated heterocycles. The van der Waals surface area contributed by atoms with Crippen molar-refractivity contribution in [1.29, 1.82) is 0 Å². The van der Waals surface area contributed by atoms with Crippen LogP contribution in [0.3, 0.4) is 0 Å². The number of hydrogen-bond acceptors (Lipinski definition) is 0. The van der Waals surface area contributed by atoms with Gasteiger partial charge in [-0.15, -0.1) is 12.4 Å². The fourth-order valence-corrected chi connectivity index (χ4v) is 16.5. The van der Waals surface area contributed by atoms with Crippen LogP contribution in [0.1, 0.15) is 0 Å². The molecule has 9 aromatic carbocycles. The summed E-state index contributed by atoms with van der Waals surface area (Å²) >= 11 is 0. The lowest BCUT2D eigenvalue weighted by atomic mass is 10.1. The Kier molecular flexibility index (Phi) is 12.1. The summed E-state index contributed by atoms with van der Waals surface area (Å²) in [5.74, 6) is 0. The van der Waals surface area contributed by atoms with Crippen molar-refractivity contribution in [2.75, 3.05) is 0 Å². The van der Waals surface area contributed by atoms with Gasteiger partial charge in [-0.2, -0.15) is 0 Å². The minimum Gasteiger partial charge on any atom is -0.147 e. The summed E-state index contributed by atoms with van der Waals surface area (Å²) in [6.07, 6.45) is 0. The summed E-state index contributed by atoms with van der Waals surface area (Å²) in [6.45, 7) is 0. The van der Waals surface area contributed by atoms with E-state index >= 15 is 0 Å². The molecular formula is C52H43ClP2+2. The lowest BCUT2D eigenvalue weighted by Gasteiger charge is -2.28. The van der Waals surface area contributed by atoms with E-state index in [1.165, 1.54) is 53.2 Å². The van der Waals surface area contributed by atoms with Gasteiger partial charge in [-0.25, -0.2) is 0 Å². The second kappa shape index (κ2) is 17.7. The molecule has 0 nitrogen and oxygen atoms in total. The van der Waals surface area contributed by atoms with Gasteiger partial charge in [-0.1, -0.05) is 164 Å². The van der Waals surface area contributed by atoms with Crippen molar-refractivity contribution >= 4 is 80.1 Å². The summed E-state index contributed by atoms with van der Waals surface area (Å²) < 4.78 is 0. The van der Waals surface area contributed by atoms with Crippen LogP contribution in [0.25, 0.3) is 10.8 Å². The number of fused-ring (bicyclic) bond motifs is 1. The van der Waals surface area contributed by atoms with E-state index in [0.717, 1.165) is 0 Å². The lowest BCUT2D eigenvalue weighted by Crippen LogP contribution is -2.38. The molecule has 0 amide bonds. The molecule has 0 aliphatic carbocycles. The molecule has 9 rings (SSSR count). The predicted octanol–water partition coefficient (Wildman–Crippen LogP) is 10.2. The smallest absolute Gasteiger partial charge is 0.144 e. The zero-order valence-corrected chi connectivity index (χ0v) is 33.2. The largest absolute Gasteiger partial charge is 0.147 e. The molecule has 0 heterocycles. The first-order chi connectivity index (χ1) is 26.8. The number of benzene rings is 9. The van der Waals surface area contributed by atoms with Crippen LogP contribution in [-0.2, 0) is 0 Å². The van der Waals surface area contributed by atoms with Crippen molar-refractivity contribution in [2.24, 2.45) is 0 Å². The molecule has 0 spiro atoms. The monoisotopic (exact) mass is 764 g/mol. The van der Waals surface area contributed by atoms with Crippen LogP contribution in [0, 0.1) is 0 Å². The van der Waals surface area contributed by atoms with Gasteiger partial charge < -0.3 is 0 Å². The Bertz CT molecular complexity index is 2250. The zero-order valence-electron chi connectivity index (χ0n) is 30.6. The molecule has 3 heteroatoms. The average molecular weight is 765 g/mol. The topological polar surface area (TPSA) is 0 Å². The van der Waals surface area contributed by atoms with E-state index in [-0.39, 0.29) is 12.4 Å². The molecule has 0 aromatic heterocycles. The molecule has 0 aliphatic rings. The highest BCUT2D eigenvalue weighted by Crippen LogP contribution is 2.56. The van der Waals surface area contributed by atoms with E-state index in [4.69, 9.17) is 0 Å². The second-order valence-corrected chi connectivity index (χ2v) is 20.0. The van der Waals surface area contributed by atoms with Crippen LogP contribution in [0.5, 0.6) is 0 Å². The van der Waals surface area contributed by atoms with Crippen molar-refractivity contribution in [1.82, 2.24) is 0 Å². The van der Waals surface area contributed by atoms with Crippen molar-refractivity contribution in [2.45, 2.75) is 0 Å². The molecule has 0 unspecified atom stereocenters. The van der Waals surface area contributed by atoms with Gasteiger partial charge >= 0.3 is 0 Å². The first-order valence-corrected chi connectivity index (χ1v) is 22.1. The Morgan fingerprint density at radius 2 is 0.436 bits per heavy atom. The van der Waals surface area contributed by atoms with E-state index in [1.54, 1.807) is 0 Å². The number of hydrogen-bond donors (Lipinski definition) is 0. The lowest BCUT2D eigenvalue weighted by molar-refractivity contribution is 1.71. The van der Waals surface area contributed by atoms with Crippen LogP contribution >= 0.6 is 26.9 Å². The van der Waals surface area contributed by atoms with Crippen LogP contribution in [-0.4, -0.2) is 0 Å². The summed E-state index contributed by atoms with van der Waals surface area (Å²) in [4.78, 5) is 0. The van der Waals surface area contributed by atoms with Gasteiger partial charge in [0, 0.05) is 5.39 Å². The van der Waals surface area contributed by atoms with Crippen molar-refractivity contribution in [3.63, 3.8) is 0 Å². The molecule has 0 aliphatic heterocycles. The maximum absolute atomic E-state index is 2.34. The van der Waals surface area contributed by atoms with Gasteiger partial charge in [-0.05, 0) is 96.4 Å². The second-order valence-electron chi connectivity index (χ2n) is 13.2. The Morgan fingerprint density at radius 3 is 0.745 bits per heavy atom. The maximum atomic E-state index is 2.34. The van der Waals surface area contributed by atoms with Crippen molar-refractivity contribution < 1.29 is 0 Å². The average Bonchev–Trinajstić information content (AvgIpc) is 3.27. The standard InChI is InChI=1S/C28H22P.C24H20P.ClH/c1-4-15-24(16-5-1)29(25-17-6-2-7-18-25,26-19-8-3-9-20-26)28-22-12-14-23-13-10-11-21-27(23)28;1-5-13-21(14-6-1)25(22-15-7-2-8-16-22,23-17-9-3-10-18-23)24-19-11-4-12-20-24;/h1-22H;1-20H;1H/q2*+1;. The summed E-state index contributed by atoms with van der Waals surface area (Å²) in [5.41, 5.74) is 0. The fraction of sp³-hybridized carbons (Fsp3) is 0. The van der Waals surface area contributed by atoms with E-state index in [0.29, 0.717) is 0 Å². The van der Waals surface area contributed by atoms with Gasteiger partial charge in [0.15, 0.2) is 0 Å². The van der Waals surface area contributed by atoms with Crippen LogP contribution in [0.2, 0.25) is 0 Å². The van der Waals surface area contributed by atoms with E-state index in [2.05, 4.69) is 255 Å². The third-order valence-corrected chi connectivity index (χ3v) is 18.8. The molecule has 0 atom stereocenters. The van der Waals surface area contributed by atoms with Gasteiger partial charge in [0.1, 0.15) is 57.0 Å². The zero-order chi connectivity index (χ0) is 36.5. The van der Waals surface area contributed by atoms with Gasteiger partial charge in [0.05, 0.1) is 0 Å². The molecular weight excluding hydrogens is 722 g/mol.